The summed E-state index contributed by atoms with van der Waals surface area (Å²) in [5.74, 6) is 0. The van der Waals surface area contributed by atoms with E-state index in [0.717, 1.165) is 0 Å². The molecule has 0 amide bonds. The van der Waals surface area contributed by atoms with E-state index in [4.69, 9.17) is 19.4 Å². The number of ether oxygens (including phenoxy) is 1. The molecule has 18 heteroatoms. The summed E-state index contributed by atoms with van der Waals surface area (Å²) in [6.45, 7) is 0.563. The number of aliphatic hydroxyl groups is 2. The maximum Gasteiger partial charge on any atom is 0.490 e. The highest BCUT2D eigenvalue weighted by Gasteiger charge is 2.46. The zero-order valence-corrected chi connectivity index (χ0v) is 17.1. The van der Waals surface area contributed by atoms with Gasteiger partial charge in [0.1, 0.15) is 24.4 Å². The smallest absolute Gasteiger partial charge is 0.387 e. The number of aliphatic hydroxyl groups excluding tert-OH is 2. The maximum atomic E-state index is 11.7. The van der Waals surface area contributed by atoms with E-state index in [1.165, 1.54) is 19.2 Å². The molecule has 4 unspecified atom stereocenters. The molecule has 2 rings (SSSR count). The molecule has 29 heavy (non-hydrogen) atoms. The summed E-state index contributed by atoms with van der Waals surface area (Å²) in [6.07, 6.45) is -4.46. The lowest BCUT2D eigenvalue weighted by atomic mass is 10.0. The third-order valence-corrected chi connectivity index (χ3v) is 7.42. The number of hydrogen-bond acceptors (Lipinski definition) is 10. The van der Waals surface area contributed by atoms with Crippen molar-refractivity contribution < 1.29 is 61.4 Å². The van der Waals surface area contributed by atoms with Crippen molar-refractivity contribution in [1.82, 2.24) is 4.98 Å². The molecule has 1 aliphatic heterocycles. The van der Waals surface area contributed by atoms with Gasteiger partial charge in [-0.2, -0.15) is 8.62 Å². The fourth-order valence-electron chi connectivity index (χ4n) is 2.42. The van der Waals surface area contributed by atoms with Gasteiger partial charge in [-0.25, -0.2) is 13.7 Å². The Kier molecular flexibility index (Phi) is 7.41. The van der Waals surface area contributed by atoms with E-state index in [1.54, 1.807) is 0 Å². The minimum Gasteiger partial charge on any atom is -0.387 e. The molecule has 1 aromatic heterocycles. The van der Waals surface area contributed by atoms with E-state index in [9.17, 15) is 33.6 Å². The predicted octanol–water partition coefficient (Wildman–Crippen LogP) is -0.812. The van der Waals surface area contributed by atoms with Crippen LogP contribution in [-0.2, 0) is 31.6 Å². The molecule has 1 aliphatic rings. The first-order chi connectivity index (χ1) is 13.1. The largest absolute Gasteiger partial charge is 0.490 e. The van der Waals surface area contributed by atoms with Crippen LogP contribution >= 0.6 is 23.5 Å². The number of rotatable bonds is 8. The molecule has 15 nitrogen and oxygen atoms in total. The third kappa shape index (κ3) is 6.88. The van der Waals surface area contributed by atoms with Crippen molar-refractivity contribution in [2.45, 2.75) is 31.3 Å². The minimum atomic E-state index is -5.68. The molecule has 6 atom stereocenters. The lowest BCUT2D eigenvalue weighted by Gasteiger charge is -2.19. The number of H-pyrrole nitrogens is 1. The molecular formula is C11H18NO14P3. The molecule has 166 valence electrons. The van der Waals surface area contributed by atoms with E-state index in [2.05, 4.69) is 18.1 Å². The van der Waals surface area contributed by atoms with Crippen LogP contribution in [0.4, 0.5) is 0 Å². The van der Waals surface area contributed by atoms with Crippen molar-refractivity contribution in [1.29, 1.82) is 0 Å². The Morgan fingerprint density at radius 3 is 2.24 bits per heavy atom. The van der Waals surface area contributed by atoms with E-state index < -0.39 is 54.5 Å². The molecule has 1 saturated heterocycles. The zero-order chi connectivity index (χ0) is 22.2. The lowest BCUT2D eigenvalue weighted by Crippen LogP contribution is -2.33. The molecule has 0 spiro atoms. The van der Waals surface area contributed by atoms with Gasteiger partial charge in [0, 0.05) is 17.3 Å². The van der Waals surface area contributed by atoms with Crippen molar-refractivity contribution in [3.8, 4) is 0 Å². The van der Waals surface area contributed by atoms with E-state index in [-0.39, 0.29) is 11.1 Å². The number of pyridine rings is 1. The van der Waals surface area contributed by atoms with Crippen LogP contribution in [0.3, 0.4) is 0 Å². The lowest BCUT2D eigenvalue weighted by molar-refractivity contribution is -0.0223. The first-order valence-corrected chi connectivity index (χ1v) is 12.1. The van der Waals surface area contributed by atoms with Gasteiger partial charge in [-0.05, 0) is 13.0 Å². The van der Waals surface area contributed by atoms with Gasteiger partial charge in [0.15, 0.2) is 0 Å². The number of phosphoric ester groups is 1. The van der Waals surface area contributed by atoms with Crippen LogP contribution < -0.4 is 5.56 Å². The zero-order valence-electron chi connectivity index (χ0n) is 14.5. The Morgan fingerprint density at radius 2 is 1.69 bits per heavy atom. The topological polar surface area (TPSA) is 242 Å². The highest BCUT2D eigenvalue weighted by molar-refractivity contribution is 7.66. The molecule has 7 N–H and O–H groups in total. The molecule has 0 saturated carbocycles. The molecule has 1 aromatic rings. The number of aromatic nitrogens is 1. The highest BCUT2D eigenvalue weighted by atomic mass is 31.3. The van der Waals surface area contributed by atoms with Crippen LogP contribution in [0, 0.1) is 6.92 Å². The first-order valence-electron chi connectivity index (χ1n) is 7.59. The minimum absolute atomic E-state index is 0.287. The second kappa shape index (κ2) is 8.77. The fourth-order valence-corrected chi connectivity index (χ4v) is 5.45. The van der Waals surface area contributed by atoms with E-state index >= 15 is 0 Å². The predicted molar refractivity (Wildman–Crippen MR) is 91.2 cm³/mol. The number of aromatic amines is 1. The standard InChI is InChI=1S/C11H18NO14P3/c1-5-2-6(3-12-11(5)15)10-9(14)8(13)7(24-10)4-23-28(19,20)26-29(21,22)25-27(16,17)18/h2-3,7-10,13-14H,4H2,1H3,(H,12,15)(H,19,20)(H,21,22)(H2,16,17,18)/t7-,8?,9?,10+/m1/s1. The van der Waals surface area contributed by atoms with Crippen LogP contribution in [-0.4, -0.2) is 59.7 Å². The van der Waals surface area contributed by atoms with Gasteiger partial charge in [0.2, 0.25) is 0 Å². The number of hydrogen-bond donors (Lipinski definition) is 7. The summed E-state index contributed by atoms with van der Waals surface area (Å²) in [4.78, 5) is 49.2. The van der Waals surface area contributed by atoms with Crippen molar-refractivity contribution in [2.24, 2.45) is 0 Å². The van der Waals surface area contributed by atoms with Gasteiger partial charge < -0.3 is 39.5 Å². The Balaban J connectivity index is 2.03. The van der Waals surface area contributed by atoms with Crippen LogP contribution in [0.2, 0.25) is 0 Å². The van der Waals surface area contributed by atoms with Gasteiger partial charge in [0.05, 0.1) is 6.61 Å². The quantitative estimate of drug-likeness (QED) is 0.225. The van der Waals surface area contributed by atoms with Crippen LogP contribution in [0.1, 0.15) is 17.2 Å². The second-order valence-electron chi connectivity index (χ2n) is 5.91. The van der Waals surface area contributed by atoms with Gasteiger partial charge in [-0.1, -0.05) is 0 Å². The Hall–Kier alpha value is -0.760. The molecule has 0 aliphatic carbocycles. The summed E-state index contributed by atoms with van der Waals surface area (Å²) in [7, 11) is -16.6. The van der Waals surface area contributed by atoms with Crippen molar-refractivity contribution in [3.63, 3.8) is 0 Å². The highest BCUT2D eigenvalue weighted by Crippen LogP contribution is 2.66. The molecular weight excluding hydrogens is 463 g/mol. The van der Waals surface area contributed by atoms with E-state index in [0.29, 0.717) is 5.56 Å². The van der Waals surface area contributed by atoms with Crippen LogP contribution in [0.5, 0.6) is 0 Å². The van der Waals surface area contributed by atoms with Crippen molar-refractivity contribution in [2.75, 3.05) is 6.61 Å². The summed E-state index contributed by atoms with van der Waals surface area (Å²) >= 11 is 0. The molecule has 2 heterocycles. The number of nitrogens with one attached hydrogen (secondary N) is 1. The Morgan fingerprint density at radius 1 is 1.07 bits per heavy atom. The van der Waals surface area contributed by atoms with Crippen molar-refractivity contribution in [3.05, 3.63) is 33.7 Å². The van der Waals surface area contributed by atoms with Crippen molar-refractivity contribution >= 4 is 23.5 Å². The third-order valence-electron chi connectivity index (χ3n) is 3.62. The summed E-state index contributed by atoms with van der Waals surface area (Å²) in [5, 5.41) is 20.1. The first kappa shape index (κ1) is 24.5. The van der Waals surface area contributed by atoms with Gasteiger partial charge in [-0.15, -0.1) is 0 Å². The molecule has 0 aromatic carbocycles. The number of phosphoric acid groups is 3. The SMILES string of the molecule is Cc1cc([C@@H]2O[C@H](COP(=O)(O)OP(=O)(O)OP(=O)(O)O)C(O)C2O)c[nH]c1=O. The Bertz CT molecular complexity index is 941. The van der Waals surface area contributed by atoms with Gasteiger partial charge in [0.25, 0.3) is 5.56 Å². The number of aryl methyl sites for hydroxylation is 1. The normalized spacial score (nSPS) is 29.3. The molecule has 0 bridgehead atoms. The second-order valence-corrected chi connectivity index (χ2v) is 10.3. The summed E-state index contributed by atoms with van der Waals surface area (Å²) in [6, 6.07) is 1.39. The average molecular weight is 481 g/mol. The molecule has 1 fully saturated rings. The van der Waals surface area contributed by atoms with Crippen LogP contribution in [0.15, 0.2) is 17.1 Å². The van der Waals surface area contributed by atoms with Crippen LogP contribution in [0.25, 0.3) is 0 Å². The van der Waals surface area contributed by atoms with Gasteiger partial charge >= 0.3 is 23.5 Å². The monoisotopic (exact) mass is 481 g/mol. The summed E-state index contributed by atoms with van der Waals surface area (Å²) < 4.78 is 50.4. The Labute approximate surface area is 162 Å². The average Bonchev–Trinajstić information content (AvgIpc) is 2.80. The van der Waals surface area contributed by atoms with Gasteiger partial charge in [-0.3, -0.25) is 9.32 Å². The van der Waals surface area contributed by atoms with E-state index in [1.807, 2.05) is 0 Å². The summed E-state index contributed by atoms with van der Waals surface area (Å²) in [5.41, 5.74) is 0.199. The molecule has 0 radical (unpaired) electrons. The maximum absolute atomic E-state index is 11.7. The fraction of sp³-hybridized carbons (Fsp3) is 0.545.